The van der Waals surface area contributed by atoms with Crippen molar-refractivity contribution in [1.82, 2.24) is 5.32 Å². The fraction of sp³-hybridized carbons (Fsp3) is 1.00. The summed E-state index contributed by atoms with van der Waals surface area (Å²) in [5, 5.41) is 13.9. The first-order chi connectivity index (χ1) is 6.81. The Morgan fingerprint density at radius 3 is 2.93 bits per heavy atom. The third-order valence-corrected chi connectivity index (χ3v) is 3.62. The molecule has 2 saturated heterocycles. The van der Waals surface area contributed by atoms with E-state index in [1.54, 1.807) is 0 Å². The summed E-state index contributed by atoms with van der Waals surface area (Å²) in [5.41, 5.74) is -0.454. The molecule has 14 heavy (non-hydrogen) atoms. The molecule has 0 aromatic heterocycles. The lowest BCUT2D eigenvalue weighted by Crippen LogP contribution is -2.43. The van der Waals surface area contributed by atoms with Crippen LogP contribution in [0.5, 0.6) is 0 Å². The van der Waals surface area contributed by atoms with Gasteiger partial charge in [0.1, 0.15) is 0 Å². The number of ether oxygens (including phenoxy) is 1. The molecule has 0 saturated carbocycles. The van der Waals surface area contributed by atoms with Gasteiger partial charge >= 0.3 is 0 Å². The van der Waals surface area contributed by atoms with E-state index in [4.69, 9.17) is 4.74 Å². The summed E-state index contributed by atoms with van der Waals surface area (Å²) in [7, 11) is 0. The Morgan fingerprint density at radius 2 is 2.14 bits per heavy atom. The van der Waals surface area contributed by atoms with E-state index in [0.717, 1.165) is 58.4 Å². The lowest BCUT2D eigenvalue weighted by molar-refractivity contribution is -0.0853. The summed E-state index contributed by atoms with van der Waals surface area (Å²) in [5.74, 6) is 0.371. The van der Waals surface area contributed by atoms with Gasteiger partial charge in [-0.15, -0.1) is 0 Å². The first-order valence-electron chi connectivity index (χ1n) is 5.82. The molecule has 82 valence electrons. The molecule has 0 radical (unpaired) electrons. The second-order valence-corrected chi connectivity index (χ2v) is 4.62. The van der Waals surface area contributed by atoms with Crippen LogP contribution in [0, 0.1) is 5.92 Å². The van der Waals surface area contributed by atoms with Crippen LogP contribution in [0.2, 0.25) is 0 Å². The Morgan fingerprint density at radius 1 is 1.21 bits per heavy atom. The molecule has 0 aliphatic carbocycles. The Kier molecular flexibility index (Phi) is 3.42. The Bertz CT molecular complexity index is 170. The summed E-state index contributed by atoms with van der Waals surface area (Å²) < 4.78 is 5.46. The van der Waals surface area contributed by atoms with Crippen LogP contribution < -0.4 is 5.32 Å². The molecule has 2 atom stereocenters. The summed E-state index contributed by atoms with van der Waals surface area (Å²) in [6.45, 7) is 3.64. The van der Waals surface area contributed by atoms with Crippen LogP contribution in [0.1, 0.15) is 32.1 Å². The molecule has 0 bridgehead atoms. The van der Waals surface area contributed by atoms with Gasteiger partial charge in [-0.25, -0.2) is 0 Å². The summed E-state index contributed by atoms with van der Waals surface area (Å²) in [6.07, 6.45) is 5.17. The molecular weight excluding hydrogens is 178 g/mol. The van der Waals surface area contributed by atoms with Gasteiger partial charge < -0.3 is 15.2 Å². The van der Waals surface area contributed by atoms with Gasteiger partial charge in [0.05, 0.1) is 12.2 Å². The van der Waals surface area contributed by atoms with Gasteiger partial charge in [0.25, 0.3) is 0 Å². The zero-order valence-electron chi connectivity index (χ0n) is 8.80. The van der Waals surface area contributed by atoms with Gasteiger partial charge in [0.15, 0.2) is 0 Å². The topological polar surface area (TPSA) is 41.5 Å². The molecule has 3 nitrogen and oxygen atoms in total. The van der Waals surface area contributed by atoms with Crippen LogP contribution in [-0.4, -0.2) is 37.0 Å². The van der Waals surface area contributed by atoms with Crippen LogP contribution in [0.4, 0.5) is 0 Å². The lowest BCUT2D eigenvalue weighted by atomic mass is 9.78. The smallest absolute Gasteiger partial charge is 0.0710 e. The number of aliphatic hydroxyl groups is 1. The zero-order chi connectivity index (χ0) is 9.86. The Balaban J connectivity index is 1.96. The van der Waals surface area contributed by atoms with Crippen molar-refractivity contribution in [3.63, 3.8) is 0 Å². The van der Waals surface area contributed by atoms with Crippen molar-refractivity contribution >= 4 is 0 Å². The first kappa shape index (κ1) is 10.4. The van der Waals surface area contributed by atoms with E-state index in [1.165, 1.54) is 0 Å². The monoisotopic (exact) mass is 199 g/mol. The normalized spacial score (nSPS) is 40.5. The number of nitrogens with one attached hydrogen (secondary N) is 1. The molecule has 2 N–H and O–H groups in total. The van der Waals surface area contributed by atoms with Crippen molar-refractivity contribution in [2.45, 2.75) is 37.7 Å². The van der Waals surface area contributed by atoms with Crippen LogP contribution in [0.25, 0.3) is 0 Å². The molecule has 2 unspecified atom stereocenters. The first-order valence-corrected chi connectivity index (χ1v) is 5.82. The van der Waals surface area contributed by atoms with Crippen molar-refractivity contribution in [2.24, 2.45) is 5.92 Å². The molecule has 3 heteroatoms. The van der Waals surface area contributed by atoms with E-state index in [-0.39, 0.29) is 0 Å². The van der Waals surface area contributed by atoms with Crippen molar-refractivity contribution in [3.8, 4) is 0 Å². The minimum Gasteiger partial charge on any atom is -0.389 e. The summed E-state index contributed by atoms with van der Waals surface area (Å²) in [6, 6.07) is 0. The van der Waals surface area contributed by atoms with Crippen molar-refractivity contribution < 1.29 is 9.84 Å². The fourth-order valence-electron chi connectivity index (χ4n) is 2.65. The Hall–Kier alpha value is -0.120. The maximum Gasteiger partial charge on any atom is 0.0710 e. The third-order valence-electron chi connectivity index (χ3n) is 3.62. The molecule has 2 aliphatic heterocycles. The minimum atomic E-state index is -0.454. The number of rotatable bonds is 1. The van der Waals surface area contributed by atoms with E-state index >= 15 is 0 Å². The van der Waals surface area contributed by atoms with Crippen LogP contribution >= 0.6 is 0 Å². The van der Waals surface area contributed by atoms with E-state index in [0.29, 0.717) is 5.92 Å². The number of hydrogen-bond acceptors (Lipinski definition) is 3. The van der Waals surface area contributed by atoms with Gasteiger partial charge in [-0.3, -0.25) is 0 Å². The third kappa shape index (κ3) is 2.27. The average molecular weight is 199 g/mol. The number of hydrogen-bond donors (Lipinski definition) is 2. The second-order valence-electron chi connectivity index (χ2n) is 4.62. The highest BCUT2D eigenvalue weighted by molar-refractivity contribution is 4.90. The van der Waals surface area contributed by atoms with Gasteiger partial charge in [-0.05, 0) is 45.2 Å². The average Bonchev–Trinajstić information content (AvgIpc) is 2.46. The highest BCUT2D eigenvalue weighted by atomic mass is 16.5. The predicted octanol–water partition coefficient (Wildman–Crippen LogP) is 0.918. The molecule has 0 amide bonds. The quantitative estimate of drug-likeness (QED) is 0.660. The van der Waals surface area contributed by atoms with E-state index in [1.807, 2.05) is 0 Å². The standard InChI is InChI=1S/C11H21NO2/c13-11(4-2-6-12-7-5-11)10-3-1-8-14-9-10/h10,12-13H,1-9H2. The zero-order valence-corrected chi connectivity index (χ0v) is 8.80. The van der Waals surface area contributed by atoms with Crippen LogP contribution in [0.3, 0.4) is 0 Å². The molecular formula is C11H21NO2. The SMILES string of the molecule is OC1(C2CCCOC2)CCCNCC1. The highest BCUT2D eigenvalue weighted by Gasteiger charge is 2.37. The maximum absolute atomic E-state index is 10.6. The summed E-state index contributed by atoms with van der Waals surface area (Å²) in [4.78, 5) is 0. The predicted molar refractivity (Wildman–Crippen MR) is 55.2 cm³/mol. The maximum atomic E-state index is 10.6. The molecule has 2 heterocycles. The fourth-order valence-corrected chi connectivity index (χ4v) is 2.65. The molecule has 2 aliphatic rings. The summed E-state index contributed by atoms with van der Waals surface area (Å²) >= 11 is 0. The van der Waals surface area contributed by atoms with Gasteiger partial charge in [0.2, 0.25) is 0 Å². The van der Waals surface area contributed by atoms with Crippen molar-refractivity contribution in [3.05, 3.63) is 0 Å². The van der Waals surface area contributed by atoms with Crippen LogP contribution in [0.15, 0.2) is 0 Å². The molecule has 0 aromatic carbocycles. The lowest BCUT2D eigenvalue weighted by Gasteiger charge is -2.37. The van der Waals surface area contributed by atoms with Gasteiger partial charge in [-0.2, -0.15) is 0 Å². The highest BCUT2D eigenvalue weighted by Crippen LogP contribution is 2.33. The molecule has 2 fully saturated rings. The largest absolute Gasteiger partial charge is 0.389 e. The van der Waals surface area contributed by atoms with E-state index in [2.05, 4.69) is 5.32 Å². The molecule has 0 spiro atoms. The van der Waals surface area contributed by atoms with Gasteiger partial charge in [0, 0.05) is 12.5 Å². The second kappa shape index (κ2) is 4.60. The minimum absolute atomic E-state index is 0.371. The van der Waals surface area contributed by atoms with Crippen molar-refractivity contribution in [1.29, 1.82) is 0 Å². The van der Waals surface area contributed by atoms with Gasteiger partial charge in [-0.1, -0.05) is 0 Å². The molecule has 0 aromatic rings. The Labute approximate surface area is 85.8 Å². The van der Waals surface area contributed by atoms with E-state index in [9.17, 15) is 5.11 Å². The van der Waals surface area contributed by atoms with Crippen LogP contribution in [-0.2, 0) is 4.74 Å². The van der Waals surface area contributed by atoms with E-state index < -0.39 is 5.60 Å². The van der Waals surface area contributed by atoms with Crippen molar-refractivity contribution in [2.75, 3.05) is 26.3 Å². The molecule has 2 rings (SSSR count).